The van der Waals surface area contributed by atoms with Crippen LogP contribution in [0.25, 0.3) is 5.95 Å². The van der Waals surface area contributed by atoms with Crippen molar-refractivity contribution < 1.29 is 9.90 Å². The first-order chi connectivity index (χ1) is 7.72. The third-order valence-corrected chi connectivity index (χ3v) is 1.84. The maximum Gasteiger partial charge on any atom is 0.272 e. The molecule has 0 spiro atoms. The normalized spacial score (nSPS) is 10.1. The number of nitrogens with zero attached hydrogens (tertiary/aromatic N) is 4. The summed E-state index contributed by atoms with van der Waals surface area (Å²) in [5, 5.41) is 13.4. The molecule has 2 aromatic heterocycles. The number of aromatic hydroxyl groups is 1. The summed E-state index contributed by atoms with van der Waals surface area (Å²) < 4.78 is 1.35. The van der Waals surface area contributed by atoms with Crippen molar-refractivity contribution in [2.75, 3.05) is 0 Å². The average molecular weight is 220 g/mol. The molecule has 0 aromatic carbocycles. The van der Waals surface area contributed by atoms with Gasteiger partial charge in [0.25, 0.3) is 11.9 Å². The molecule has 8 nitrogen and oxygen atoms in total. The van der Waals surface area contributed by atoms with Crippen LogP contribution in [0.3, 0.4) is 0 Å². The van der Waals surface area contributed by atoms with Gasteiger partial charge in [-0.1, -0.05) is 0 Å². The van der Waals surface area contributed by atoms with Gasteiger partial charge in [-0.25, -0.2) is 15.5 Å². The molecule has 82 valence electrons. The summed E-state index contributed by atoms with van der Waals surface area (Å²) in [6, 6.07) is 1.68. The zero-order chi connectivity index (χ0) is 11.5. The molecule has 0 aliphatic rings. The fourth-order valence-corrected chi connectivity index (χ4v) is 1.10. The first kappa shape index (κ1) is 10.1. The molecule has 16 heavy (non-hydrogen) atoms. The number of carbonyl (C=O) groups excluding carboxylic acids is 1. The van der Waals surface area contributed by atoms with Gasteiger partial charge in [0, 0.05) is 18.6 Å². The summed E-state index contributed by atoms with van der Waals surface area (Å²) in [5.41, 5.74) is 1.78. The Kier molecular flexibility index (Phi) is 2.48. The van der Waals surface area contributed by atoms with Crippen molar-refractivity contribution in [1.29, 1.82) is 0 Å². The number of nitrogens with two attached hydrogens (primary N) is 1. The molecule has 0 saturated carbocycles. The van der Waals surface area contributed by atoms with Gasteiger partial charge in [-0.05, 0) is 6.07 Å². The topological polar surface area (TPSA) is 119 Å². The Hall–Kier alpha value is -2.48. The van der Waals surface area contributed by atoms with Crippen LogP contribution < -0.4 is 11.3 Å². The largest absolute Gasteiger partial charge is 0.493 e. The summed E-state index contributed by atoms with van der Waals surface area (Å²) in [6.45, 7) is 0. The van der Waals surface area contributed by atoms with Crippen LogP contribution in [0.1, 0.15) is 10.4 Å². The molecule has 0 aliphatic carbocycles. The summed E-state index contributed by atoms with van der Waals surface area (Å²) in [4.78, 5) is 18.7. The summed E-state index contributed by atoms with van der Waals surface area (Å²) >= 11 is 0. The van der Waals surface area contributed by atoms with E-state index in [-0.39, 0.29) is 11.5 Å². The van der Waals surface area contributed by atoms with E-state index >= 15 is 0 Å². The average Bonchev–Trinajstić information content (AvgIpc) is 2.81. The molecule has 2 aromatic rings. The van der Waals surface area contributed by atoms with E-state index in [2.05, 4.69) is 15.1 Å². The molecule has 0 fully saturated rings. The van der Waals surface area contributed by atoms with Gasteiger partial charge in [-0.3, -0.25) is 10.2 Å². The second kappa shape index (κ2) is 3.95. The molecule has 0 aliphatic heterocycles. The Balaban J connectivity index is 2.41. The van der Waals surface area contributed by atoms with Crippen LogP contribution in [0.2, 0.25) is 0 Å². The summed E-state index contributed by atoms with van der Waals surface area (Å²) in [7, 11) is 0. The molecular formula is C8H8N6O2. The Morgan fingerprint density at radius 1 is 1.56 bits per heavy atom. The van der Waals surface area contributed by atoms with Crippen LogP contribution in [-0.2, 0) is 0 Å². The number of hydrogen-bond acceptors (Lipinski definition) is 6. The number of hydrazine groups is 1. The number of nitrogens with one attached hydrogen (secondary N) is 1. The summed E-state index contributed by atoms with van der Waals surface area (Å²) in [6.07, 6.45) is 4.32. The molecule has 0 bridgehead atoms. The van der Waals surface area contributed by atoms with E-state index in [1.165, 1.54) is 10.9 Å². The number of hydrogen-bond donors (Lipinski definition) is 3. The number of rotatable bonds is 2. The van der Waals surface area contributed by atoms with Crippen molar-refractivity contribution in [3.8, 4) is 11.8 Å². The molecule has 0 saturated heterocycles. The minimum absolute atomic E-state index is 0.0987. The second-order valence-electron chi connectivity index (χ2n) is 2.83. The highest BCUT2D eigenvalue weighted by Crippen LogP contribution is 2.13. The fourth-order valence-electron chi connectivity index (χ4n) is 1.10. The Labute approximate surface area is 89.7 Å². The highest BCUT2D eigenvalue weighted by atomic mass is 16.3. The molecule has 1 amide bonds. The SMILES string of the molecule is NNC(=O)c1cnc(-n2cccn2)nc1O. The van der Waals surface area contributed by atoms with E-state index in [0.717, 1.165) is 0 Å². The van der Waals surface area contributed by atoms with Crippen LogP contribution in [0.5, 0.6) is 5.88 Å². The lowest BCUT2D eigenvalue weighted by Gasteiger charge is -2.03. The van der Waals surface area contributed by atoms with Gasteiger partial charge in [0.2, 0.25) is 5.88 Å². The number of amides is 1. The first-order valence-corrected chi connectivity index (χ1v) is 4.29. The highest BCUT2D eigenvalue weighted by Gasteiger charge is 2.13. The van der Waals surface area contributed by atoms with E-state index in [1.54, 1.807) is 18.5 Å². The van der Waals surface area contributed by atoms with Crippen molar-refractivity contribution in [2.24, 2.45) is 5.84 Å². The van der Waals surface area contributed by atoms with E-state index in [0.29, 0.717) is 0 Å². The van der Waals surface area contributed by atoms with Gasteiger partial charge in [0.1, 0.15) is 5.56 Å². The Morgan fingerprint density at radius 2 is 2.38 bits per heavy atom. The number of aromatic nitrogens is 4. The molecule has 4 N–H and O–H groups in total. The maximum atomic E-state index is 11.1. The first-order valence-electron chi connectivity index (χ1n) is 4.29. The standard InChI is InChI=1S/C8H8N6O2/c9-13-7(16)5-4-10-8(12-6(5)15)14-3-1-2-11-14/h1-4H,9H2,(H,13,16)(H,10,12,15). The smallest absolute Gasteiger partial charge is 0.272 e. The van der Waals surface area contributed by atoms with Crippen molar-refractivity contribution in [2.45, 2.75) is 0 Å². The van der Waals surface area contributed by atoms with Crippen molar-refractivity contribution in [1.82, 2.24) is 25.2 Å². The Morgan fingerprint density at radius 3 is 2.94 bits per heavy atom. The Bertz CT molecular complexity index is 509. The minimum atomic E-state index is -0.662. The van der Waals surface area contributed by atoms with Crippen molar-refractivity contribution in [3.63, 3.8) is 0 Å². The van der Waals surface area contributed by atoms with Crippen molar-refractivity contribution >= 4 is 5.91 Å². The third kappa shape index (κ3) is 1.68. The van der Waals surface area contributed by atoms with E-state index < -0.39 is 11.8 Å². The maximum absolute atomic E-state index is 11.1. The number of carbonyl (C=O) groups is 1. The lowest BCUT2D eigenvalue weighted by molar-refractivity contribution is 0.0950. The second-order valence-corrected chi connectivity index (χ2v) is 2.83. The lowest BCUT2D eigenvalue weighted by atomic mass is 10.3. The predicted octanol–water partition coefficient (Wildman–Crippen LogP) is -1.03. The quantitative estimate of drug-likeness (QED) is 0.338. The molecule has 0 atom stereocenters. The molecule has 2 rings (SSSR count). The fraction of sp³-hybridized carbons (Fsp3) is 0. The monoisotopic (exact) mass is 220 g/mol. The van der Waals surface area contributed by atoms with Gasteiger partial charge in [0.15, 0.2) is 0 Å². The van der Waals surface area contributed by atoms with Crippen molar-refractivity contribution in [3.05, 3.63) is 30.2 Å². The zero-order valence-corrected chi connectivity index (χ0v) is 8.03. The van der Waals surface area contributed by atoms with Crippen LogP contribution in [0.4, 0.5) is 0 Å². The van der Waals surface area contributed by atoms with Gasteiger partial charge in [-0.15, -0.1) is 0 Å². The minimum Gasteiger partial charge on any atom is -0.493 e. The lowest BCUT2D eigenvalue weighted by Crippen LogP contribution is -2.30. The molecule has 0 unspecified atom stereocenters. The van der Waals surface area contributed by atoms with E-state index in [4.69, 9.17) is 5.84 Å². The van der Waals surface area contributed by atoms with Gasteiger partial charge >= 0.3 is 0 Å². The van der Waals surface area contributed by atoms with Crippen LogP contribution in [-0.4, -0.2) is 30.8 Å². The van der Waals surface area contributed by atoms with Gasteiger partial charge < -0.3 is 5.11 Å². The molecule has 0 radical (unpaired) electrons. The molecular weight excluding hydrogens is 212 g/mol. The van der Waals surface area contributed by atoms with E-state index in [1.807, 2.05) is 5.43 Å². The van der Waals surface area contributed by atoms with Gasteiger partial charge in [-0.2, -0.15) is 10.1 Å². The van der Waals surface area contributed by atoms with Crippen LogP contribution >= 0.6 is 0 Å². The highest BCUT2D eigenvalue weighted by molar-refractivity contribution is 5.95. The van der Waals surface area contributed by atoms with Gasteiger partial charge in [0.05, 0.1) is 0 Å². The third-order valence-electron chi connectivity index (χ3n) is 1.84. The summed E-state index contributed by atoms with van der Waals surface area (Å²) in [5.74, 6) is 3.97. The van der Waals surface area contributed by atoms with Crippen LogP contribution in [0, 0.1) is 0 Å². The van der Waals surface area contributed by atoms with Crippen LogP contribution in [0.15, 0.2) is 24.7 Å². The number of nitrogen functional groups attached to an aromatic ring is 1. The molecule has 2 heterocycles. The predicted molar refractivity (Wildman–Crippen MR) is 52.5 cm³/mol. The van der Waals surface area contributed by atoms with E-state index in [9.17, 15) is 9.90 Å². The zero-order valence-electron chi connectivity index (χ0n) is 8.03. The molecule has 8 heteroatoms.